The van der Waals surface area contributed by atoms with Crippen molar-refractivity contribution in [2.24, 2.45) is 0 Å². The van der Waals surface area contributed by atoms with E-state index < -0.39 is 5.97 Å². The molecular weight excluding hydrogens is 136 g/mol. The summed E-state index contributed by atoms with van der Waals surface area (Å²) in [7, 11) is 1.50. The van der Waals surface area contributed by atoms with Crippen molar-refractivity contribution < 1.29 is 19.3 Å². The average molecular weight is 148 g/mol. The molecule has 0 radical (unpaired) electrons. The van der Waals surface area contributed by atoms with Crippen molar-refractivity contribution >= 4 is 0 Å². The zero-order chi connectivity index (χ0) is 7.61. The fraction of sp³-hybridized carbons (Fsp3) is 1.00. The van der Waals surface area contributed by atoms with Crippen molar-refractivity contribution in [1.29, 1.82) is 0 Å². The first-order valence-corrected chi connectivity index (χ1v) is 3.18. The average Bonchev–Trinajstić information content (AvgIpc) is 2.33. The highest BCUT2D eigenvalue weighted by atomic mass is 16.9. The Labute approximate surface area is 59.7 Å². The smallest absolute Gasteiger partial charge is 0.280 e. The van der Waals surface area contributed by atoms with Crippen LogP contribution in [0.3, 0.4) is 0 Å². The van der Waals surface area contributed by atoms with Gasteiger partial charge in [0.25, 0.3) is 5.97 Å². The second-order valence-corrected chi connectivity index (χ2v) is 2.30. The van der Waals surface area contributed by atoms with E-state index in [9.17, 15) is 0 Å². The highest BCUT2D eigenvalue weighted by Gasteiger charge is 2.36. The summed E-state index contributed by atoms with van der Waals surface area (Å²) < 4.78 is 15.1. The van der Waals surface area contributed by atoms with Crippen molar-refractivity contribution in [3.8, 4) is 0 Å². The number of aliphatic hydroxyl groups excluding tert-OH is 1. The molecule has 1 aliphatic heterocycles. The summed E-state index contributed by atoms with van der Waals surface area (Å²) in [6, 6.07) is 0. The number of ether oxygens (including phenoxy) is 3. The van der Waals surface area contributed by atoms with E-state index in [-0.39, 0.29) is 12.7 Å². The number of rotatable bonds is 2. The van der Waals surface area contributed by atoms with Crippen LogP contribution in [0.5, 0.6) is 0 Å². The topological polar surface area (TPSA) is 47.9 Å². The first-order chi connectivity index (χ1) is 4.70. The molecule has 4 nitrogen and oxygen atoms in total. The maximum absolute atomic E-state index is 8.63. The molecule has 1 heterocycles. The Hall–Kier alpha value is -0.160. The van der Waals surface area contributed by atoms with Crippen LogP contribution in [0, 0.1) is 0 Å². The Morgan fingerprint density at radius 3 is 2.80 bits per heavy atom. The van der Waals surface area contributed by atoms with E-state index in [4.69, 9.17) is 19.3 Å². The van der Waals surface area contributed by atoms with Crippen LogP contribution in [0.15, 0.2) is 0 Å². The van der Waals surface area contributed by atoms with Crippen molar-refractivity contribution in [3.05, 3.63) is 0 Å². The Kier molecular flexibility index (Phi) is 2.25. The van der Waals surface area contributed by atoms with Crippen LogP contribution in [-0.2, 0) is 14.2 Å². The molecule has 1 rings (SSSR count). The third-order valence-corrected chi connectivity index (χ3v) is 1.49. The summed E-state index contributed by atoms with van der Waals surface area (Å²) in [6.45, 7) is 2.03. The van der Waals surface area contributed by atoms with Gasteiger partial charge in [-0.3, -0.25) is 0 Å². The molecule has 10 heavy (non-hydrogen) atoms. The molecule has 2 unspecified atom stereocenters. The molecule has 1 N–H and O–H groups in total. The third-order valence-electron chi connectivity index (χ3n) is 1.49. The summed E-state index contributed by atoms with van der Waals surface area (Å²) in [6.07, 6.45) is -0.245. The van der Waals surface area contributed by atoms with Crippen LogP contribution in [0.25, 0.3) is 0 Å². The van der Waals surface area contributed by atoms with Crippen molar-refractivity contribution in [1.82, 2.24) is 0 Å². The largest absolute Gasteiger partial charge is 0.394 e. The van der Waals surface area contributed by atoms with Gasteiger partial charge in [0.2, 0.25) is 0 Å². The molecule has 0 aromatic heterocycles. The lowest BCUT2D eigenvalue weighted by Gasteiger charge is -2.19. The molecule has 0 amide bonds. The number of aliphatic hydroxyl groups is 1. The van der Waals surface area contributed by atoms with Gasteiger partial charge in [-0.1, -0.05) is 0 Å². The Morgan fingerprint density at radius 2 is 2.50 bits per heavy atom. The molecule has 2 atom stereocenters. The molecule has 0 aliphatic carbocycles. The van der Waals surface area contributed by atoms with Gasteiger partial charge in [-0.25, -0.2) is 0 Å². The maximum atomic E-state index is 8.63. The van der Waals surface area contributed by atoms with E-state index in [1.165, 1.54) is 7.11 Å². The zero-order valence-corrected chi connectivity index (χ0v) is 6.16. The summed E-state index contributed by atoms with van der Waals surface area (Å²) in [4.78, 5) is 0. The molecule has 0 aromatic rings. The fourth-order valence-corrected chi connectivity index (χ4v) is 0.812. The van der Waals surface area contributed by atoms with E-state index in [0.29, 0.717) is 6.61 Å². The Bertz CT molecular complexity index is 116. The molecule has 1 aliphatic rings. The normalized spacial score (nSPS) is 40.5. The second kappa shape index (κ2) is 2.84. The van der Waals surface area contributed by atoms with Gasteiger partial charge >= 0.3 is 0 Å². The standard InChI is InChI=1S/C6H12O4/c1-6(8-2)9-4-5(3-7)10-6/h5,7H,3-4H2,1-2H3. The van der Waals surface area contributed by atoms with Crippen LogP contribution in [0.4, 0.5) is 0 Å². The maximum Gasteiger partial charge on any atom is 0.280 e. The summed E-state index contributed by atoms with van der Waals surface area (Å²) in [5.74, 6) is -0.951. The van der Waals surface area contributed by atoms with Gasteiger partial charge in [-0.2, -0.15) is 0 Å². The molecule has 0 saturated carbocycles. The Balaban J connectivity index is 2.41. The van der Waals surface area contributed by atoms with E-state index in [1.807, 2.05) is 0 Å². The quantitative estimate of drug-likeness (QED) is 0.584. The SMILES string of the molecule is COC1(C)OCC(CO)O1. The van der Waals surface area contributed by atoms with Crippen LogP contribution < -0.4 is 0 Å². The van der Waals surface area contributed by atoms with Gasteiger partial charge in [0.15, 0.2) is 0 Å². The summed E-state index contributed by atoms with van der Waals surface area (Å²) in [5, 5.41) is 8.63. The zero-order valence-electron chi connectivity index (χ0n) is 6.16. The lowest BCUT2D eigenvalue weighted by atomic mass is 10.4. The van der Waals surface area contributed by atoms with Gasteiger partial charge in [0.05, 0.1) is 13.2 Å². The van der Waals surface area contributed by atoms with Gasteiger partial charge in [0, 0.05) is 14.0 Å². The van der Waals surface area contributed by atoms with Crippen LogP contribution >= 0.6 is 0 Å². The van der Waals surface area contributed by atoms with Crippen LogP contribution in [0.2, 0.25) is 0 Å². The van der Waals surface area contributed by atoms with E-state index >= 15 is 0 Å². The second-order valence-electron chi connectivity index (χ2n) is 2.30. The molecule has 60 valence electrons. The minimum Gasteiger partial charge on any atom is -0.394 e. The van der Waals surface area contributed by atoms with Crippen molar-refractivity contribution in [2.75, 3.05) is 20.3 Å². The lowest BCUT2D eigenvalue weighted by Crippen LogP contribution is -2.29. The first-order valence-electron chi connectivity index (χ1n) is 3.18. The van der Waals surface area contributed by atoms with Crippen LogP contribution in [-0.4, -0.2) is 37.5 Å². The van der Waals surface area contributed by atoms with Gasteiger partial charge in [0.1, 0.15) is 6.10 Å². The molecule has 1 fully saturated rings. The van der Waals surface area contributed by atoms with Gasteiger partial charge in [-0.05, 0) is 0 Å². The fourth-order valence-electron chi connectivity index (χ4n) is 0.812. The van der Waals surface area contributed by atoms with Gasteiger partial charge in [-0.15, -0.1) is 0 Å². The van der Waals surface area contributed by atoms with E-state index in [0.717, 1.165) is 0 Å². The predicted octanol–water partition coefficient (Wildman–Crippen LogP) is -0.286. The highest BCUT2D eigenvalue weighted by molar-refractivity contribution is 4.65. The van der Waals surface area contributed by atoms with Crippen LogP contribution in [0.1, 0.15) is 6.92 Å². The number of hydrogen-bond donors (Lipinski definition) is 1. The number of methoxy groups -OCH3 is 1. The van der Waals surface area contributed by atoms with E-state index in [2.05, 4.69) is 0 Å². The minimum absolute atomic E-state index is 0.0288. The Morgan fingerprint density at radius 1 is 1.80 bits per heavy atom. The molecular formula is C6H12O4. The molecule has 4 heteroatoms. The molecule has 0 spiro atoms. The first kappa shape index (κ1) is 7.94. The van der Waals surface area contributed by atoms with Crippen molar-refractivity contribution in [3.63, 3.8) is 0 Å². The van der Waals surface area contributed by atoms with Crippen molar-refractivity contribution in [2.45, 2.75) is 19.0 Å². The summed E-state index contributed by atoms with van der Waals surface area (Å²) in [5.41, 5.74) is 0. The molecule has 0 bridgehead atoms. The molecule has 1 saturated heterocycles. The lowest BCUT2D eigenvalue weighted by molar-refractivity contribution is -0.314. The van der Waals surface area contributed by atoms with E-state index in [1.54, 1.807) is 6.92 Å². The monoisotopic (exact) mass is 148 g/mol. The number of hydrogen-bond acceptors (Lipinski definition) is 4. The third kappa shape index (κ3) is 1.46. The molecule has 0 aromatic carbocycles. The predicted molar refractivity (Wildman–Crippen MR) is 33.3 cm³/mol. The highest BCUT2D eigenvalue weighted by Crippen LogP contribution is 2.22. The van der Waals surface area contributed by atoms with Gasteiger partial charge < -0.3 is 19.3 Å². The minimum atomic E-state index is -0.951. The summed E-state index contributed by atoms with van der Waals surface area (Å²) >= 11 is 0.